The number of methoxy groups -OCH3 is 6. The molecule has 2 aliphatic rings. The summed E-state index contributed by atoms with van der Waals surface area (Å²) in [6.07, 6.45) is -12.2. The van der Waals surface area contributed by atoms with Gasteiger partial charge in [-0.15, -0.1) is 0 Å². The van der Waals surface area contributed by atoms with Crippen LogP contribution in [0.1, 0.15) is 40.0 Å². The Hall–Kier alpha value is -9.70. The zero-order valence-electron chi connectivity index (χ0n) is 45.9. The molecule has 0 bridgehead atoms. The molecule has 0 radical (unpaired) electrons. The lowest BCUT2D eigenvalue weighted by Gasteiger charge is -2.44. The van der Waals surface area contributed by atoms with E-state index in [1.165, 1.54) is 122 Å². The third kappa shape index (κ3) is 12.8. The van der Waals surface area contributed by atoms with Crippen molar-refractivity contribution in [2.75, 3.05) is 55.9 Å². The first-order valence-electron chi connectivity index (χ1n) is 25.5. The number of aliphatic hydroxyl groups excluding tert-OH is 4. The fourth-order valence-corrected chi connectivity index (χ4v) is 9.51. The van der Waals surface area contributed by atoms with Crippen LogP contribution < -0.4 is 33.8 Å². The molecule has 3 heterocycles. The van der Waals surface area contributed by atoms with Gasteiger partial charge in [0, 0.05) is 29.9 Å². The van der Waals surface area contributed by atoms with Gasteiger partial charge in [0.15, 0.2) is 63.8 Å². The topological polar surface area (TPSA) is 385 Å². The summed E-state index contributed by atoms with van der Waals surface area (Å²) in [5, 5.41) is 110. The number of carbonyl (C=O) groups excluding carboxylic acids is 3. The fraction of sp³-hybridized carbons (Fsp3) is 0.288. The van der Waals surface area contributed by atoms with E-state index >= 15 is 0 Å². The van der Waals surface area contributed by atoms with Crippen molar-refractivity contribution in [3.8, 4) is 80.3 Å². The molecule has 26 heteroatoms. The Bertz CT molecular complexity index is 3550. The molecule has 10 N–H and O–H groups in total. The Morgan fingerprint density at radius 2 is 0.953 bits per heavy atom. The number of aromatic hydroxyl groups is 6. The zero-order chi connectivity index (χ0) is 61.6. The van der Waals surface area contributed by atoms with Gasteiger partial charge in [0.2, 0.25) is 17.2 Å². The SMILES string of the molecule is COc1cc(/C=C\C(=O)O[C@H]2[C@@H](OC(=O)/C=C/c3cc(OC)c(O)c(OC)c3)[C@@H](CO)O[C@@H](c3c(O)c([C@@H]4OC[C@H](O)[C@H](O)[C@H]4O)c(O)c4c(=O)cc(-c5ccc(O)cc5)oc34)[C@@H]2OC(=O)/C=C/c2cc(OC)c(O)c(OC)c2)cc(OC)c1O. The average molecular weight is 1180 g/mol. The summed E-state index contributed by atoms with van der Waals surface area (Å²) >= 11 is 0. The van der Waals surface area contributed by atoms with E-state index in [2.05, 4.69) is 0 Å². The number of ether oxygens (including phenoxy) is 11. The van der Waals surface area contributed by atoms with Gasteiger partial charge in [-0.05, 0) is 95.6 Å². The van der Waals surface area contributed by atoms with Crippen molar-refractivity contribution in [3.05, 3.63) is 123 Å². The van der Waals surface area contributed by atoms with Gasteiger partial charge < -0.3 is 108 Å². The van der Waals surface area contributed by atoms with Crippen LogP contribution in [0, 0.1) is 0 Å². The summed E-state index contributed by atoms with van der Waals surface area (Å²) in [5.74, 6) is -8.08. The van der Waals surface area contributed by atoms with Gasteiger partial charge in [-0.2, -0.15) is 0 Å². The molecular formula is C59H58O26. The van der Waals surface area contributed by atoms with Crippen LogP contribution in [0.25, 0.3) is 40.5 Å². The van der Waals surface area contributed by atoms with Crippen molar-refractivity contribution < 1.29 is 122 Å². The number of rotatable bonds is 19. The molecule has 2 saturated heterocycles. The van der Waals surface area contributed by atoms with Gasteiger partial charge in [-0.25, -0.2) is 14.4 Å². The molecule has 0 saturated carbocycles. The second-order valence-corrected chi connectivity index (χ2v) is 18.9. The average Bonchev–Trinajstić information content (AvgIpc) is 3.18. The van der Waals surface area contributed by atoms with E-state index in [1.54, 1.807) is 0 Å². The predicted octanol–water partition coefficient (Wildman–Crippen LogP) is 4.21. The maximum Gasteiger partial charge on any atom is 0.331 e. The van der Waals surface area contributed by atoms with E-state index in [0.717, 1.165) is 24.3 Å². The highest BCUT2D eigenvalue weighted by atomic mass is 16.7. The number of hydrogen-bond donors (Lipinski definition) is 10. The minimum absolute atomic E-state index is 0.0523. The third-order valence-electron chi connectivity index (χ3n) is 13.7. The van der Waals surface area contributed by atoms with E-state index in [0.29, 0.717) is 0 Å². The highest BCUT2D eigenvalue weighted by molar-refractivity contribution is 5.93. The number of carbonyl (C=O) groups is 3. The molecule has 85 heavy (non-hydrogen) atoms. The van der Waals surface area contributed by atoms with Crippen molar-refractivity contribution in [3.63, 3.8) is 0 Å². The van der Waals surface area contributed by atoms with Gasteiger partial charge in [0.25, 0.3) is 0 Å². The monoisotopic (exact) mass is 1180 g/mol. The molecule has 2 fully saturated rings. The van der Waals surface area contributed by atoms with Crippen molar-refractivity contribution >= 4 is 47.1 Å². The van der Waals surface area contributed by atoms with E-state index in [4.69, 9.17) is 56.5 Å². The van der Waals surface area contributed by atoms with Crippen molar-refractivity contribution in [2.45, 2.75) is 54.9 Å². The van der Waals surface area contributed by atoms with Gasteiger partial charge in [0.05, 0.1) is 67.0 Å². The summed E-state index contributed by atoms with van der Waals surface area (Å²) < 4.78 is 68.2. The first-order valence-corrected chi connectivity index (χ1v) is 25.5. The molecule has 0 unspecified atom stereocenters. The quantitative estimate of drug-likeness (QED) is 0.0308. The van der Waals surface area contributed by atoms with Gasteiger partial charge in [0.1, 0.15) is 65.0 Å². The Kier molecular flexibility index (Phi) is 19.0. The number of hydrogen-bond acceptors (Lipinski definition) is 26. The molecule has 1 aromatic heterocycles. The maximum absolute atomic E-state index is 14.6. The Balaban J connectivity index is 1.36. The number of phenols is 6. The molecule has 450 valence electrons. The van der Waals surface area contributed by atoms with Crippen LogP contribution in [0.15, 0.2) is 94.2 Å². The number of phenolic OH excluding ortho intramolecular Hbond substituents is 6. The molecule has 9 atom stereocenters. The Morgan fingerprint density at radius 1 is 0.529 bits per heavy atom. The van der Waals surface area contributed by atoms with Gasteiger partial charge in [-0.3, -0.25) is 4.79 Å². The number of esters is 3. The van der Waals surface area contributed by atoms with E-state index in [9.17, 15) is 70.2 Å². The number of aliphatic hydroxyl groups is 4. The minimum atomic E-state index is -2.26. The Morgan fingerprint density at radius 3 is 1.38 bits per heavy atom. The highest BCUT2D eigenvalue weighted by Crippen LogP contribution is 2.52. The standard InChI is InChI=1S/C59H58O26/c1-74-34-17-26(18-35(75-2)48(34)68)7-14-41(64)83-54-40(24-60)82-57(46-52(72)45(56-53(73)47(67)32(63)25-80-56)51(71)44-31(62)23-33(81-55(44)46)29-10-12-30(61)13-11-29)59(85-43(66)16-9-28-21-38(78-5)50(70)39(22-28)79-6)58(54)84-42(65)15-8-27-19-36(76-3)49(69)37(20-27)77-4/h7-23,32,40,47,53-54,56-61,63,67-73H,24-25H2,1-6H3/b14-7+,15-8-,16-9+/t32-,40+,47-,53+,54-,56-,57-,58-,59-/m0/s1. The second-order valence-electron chi connectivity index (χ2n) is 18.9. The highest BCUT2D eigenvalue weighted by Gasteiger charge is 2.55. The van der Waals surface area contributed by atoms with Crippen LogP contribution in [-0.2, 0) is 38.1 Å². The third-order valence-corrected chi connectivity index (χ3v) is 13.7. The van der Waals surface area contributed by atoms with Crippen LogP contribution in [0.3, 0.4) is 0 Å². The second kappa shape index (κ2) is 26.3. The largest absolute Gasteiger partial charge is 0.508 e. The van der Waals surface area contributed by atoms with Gasteiger partial charge in [-0.1, -0.05) is 0 Å². The van der Waals surface area contributed by atoms with Gasteiger partial charge >= 0.3 is 17.9 Å². The van der Waals surface area contributed by atoms with Crippen molar-refractivity contribution in [1.29, 1.82) is 0 Å². The molecule has 26 nitrogen and oxygen atoms in total. The van der Waals surface area contributed by atoms with Crippen LogP contribution in [-0.4, -0.2) is 168 Å². The summed E-state index contributed by atoms with van der Waals surface area (Å²) in [6, 6.07) is 14.1. The smallest absolute Gasteiger partial charge is 0.331 e. The van der Waals surface area contributed by atoms with E-state index < -0.39 is 125 Å². The normalized spacial score (nSPS) is 21.4. The van der Waals surface area contributed by atoms with Crippen LogP contribution in [0.5, 0.6) is 69.0 Å². The first kappa shape index (κ1) is 61.4. The van der Waals surface area contributed by atoms with Crippen LogP contribution in [0.4, 0.5) is 0 Å². The summed E-state index contributed by atoms with van der Waals surface area (Å²) in [5.41, 5.74) is -2.63. The number of fused-ring (bicyclic) bond motifs is 1. The number of benzene rings is 5. The lowest BCUT2D eigenvalue weighted by molar-refractivity contribution is -0.251. The molecule has 0 aliphatic carbocycles. The fourth-order valence-electron chi connectivity index (χ4n) is 9.51. The maximum atomic E-state index is 14.6. The Labute approximate surface area is 481 Å². The minimum Gasteiger partial charge on any atom is -0.508 e. The molecule has 5 aromatic carbocycles. The van der Waals surface area contributed by atoms with Crippen LogP contribution in [0.2, 0.25) is 0 Å². The molecule has 8 rings (SSSR count). The van der Waals surface area contributed by atoms with E-state index in [1.807, 2.05) is 0 Å². The first-order chi connectivity index (χ1) is 40.7. The molecule has 2 aliphatic heterocycles. The molecule has 0 spiro atoms. The molecule has 0 amide bonds. The van der Waals surface area contributed by atoms with E-state index in [-0.39, 0.29) is 85.5 Å². The lowest BCUT2D eigenvalue weighted by atomic mass is 9.85. The molecular weight excluding hydrogens is 1120 g/mol. The van der Waals surface area contributed by atoms with Crippen LogP contribution >= 0.6 is 0 Å². The summed E-state index contributed by atoms with van der Waals surface area (Å²) in [4.78, 5) is 57.7. The zero-order valence-corrected chi connectivity index (χ0v) is 45.9. The predicted molar refractivity (Wildman–Crippen MR) is 295 cm³/mol. The molecule has 6 aromatic rings. The lowest BCUT2D eigenvalue weighted by Crippen LogP contribution is -2.59. The van der Waals surface area contributed by atoms with Crippen molar-refractivity contribution in [2.24, 2.45) is 0 Å². The summed E-state index contributed by atoms with van der Waals surface area (Å²) in [7, 11) is 7.56. The summed E-state index contributed by atoms with van der Waals surface area (Å²) in [6.45, 7) is -1.85. The van der Waals surface area contributed by atoms with Crippen molar-refractivity contribution in [1.82, 2.24) is 0 Å².